The van der Waals surface area contributed by atoms with Gasteiger partial charge in [-0.3, -0.25) is 4.99 Å². The number of anilines is 1. The molecule has 2 aromatic rings. The Morgan fingerprint density at radius 1 is 1.19 bits per heavy atom. The lowest BCUT2D eigenvalue weighted by atomic mass is 10.0. The number of alkyl halides is 3. The minimum absolute atomic E-state index is 0.426. The number of hydrogen-bond acceptors (Lipinski definition) is 4. The fourth-order valence-corrected chi connectivity index (χ4v) is 3.42. The summed E-state index contributed by atoms with van der Waals surface area (Å²) >= 11 is 0. The molecule has 0 saturated carbocycles. The van der Waals surface area contributed by atoms with Crippen molar-refractivity contribution in [2.24, 2.45) is 4.99 Å². The maximum Gasteiger partial charge on any atom is 0.416 e. The summed E-state index contributed by atoms with van der Waals surface area (Å²) in [5.74, 6) is 1.60. The number of aliphatic imine (C=N–C) groups is 1. The van der Waals surface area contributed by atoms with Crippen LogP contribution in [0, 0.1) is 0 Å². The average Bonchev–Trinajstić information content (AvgIpc) is 2.79. The van der Waals surface area contributed by atoms with Gasteiger partial charge in [-0.2, -0.15) is 13.2 Å². The fourth-order valence-electron chi connectivity index (χ4n) is 3.42. The van der Waals surface area contributed by atoms with E-state index in [1.165, 1.54) is 12.1 Å². The number of unbranched alkanes of at least 4 members (excludes halogenated alkanes) is 1. The Bertz CT molecular complexity index is 845. The van der Waals surface area contributed by atoms with E-state index in [4.69, 9.17) is 4.74 Å². The van der Waals surface area contributed by atoms with Gasteiger partial charge in [-0.05, 0) is 42.7 Å². The number of halogens is 3. The molecule has 1 aromatic heterocycles. The Morgan fingerprint density at radius 3 is 2.77 bits per heavy atom. The van der Waals surface area contributed by atoms with Crippen molar-refractivity contribution in [1.29, 1.82) is 0 Å². The zero-order valence-electron chi connectivity index (χ0n) is 17.5. The van der Waals surface area contributed by atoms with E-state index < -0.39 is 17.8 Å². The second-order valence-corrected chi connectivity index (χ2v) is 7.25. The molecule has 0 amide bonds. The second kappa shape index (κ2) is 11.0. The summed E-state index contributed by atoms with van der Waals surface area (Å²) in [6.07, 6.45) is -1.13. The van der Waals surface area contributed by atoms with Crippen LogP contribution in [0.15, 0.2) is 53.7 Å². The van der Waals surface area contributed by atoms with E-state index in [-0.39, 0.29) is 0 Å². The quantitative estimate of drug-likeness (QED) is 0.392. The first-order valence-corrected chi connectivity index (χ1v) is 10.4. The van der Waals surface area contributed by atoms with Crippen LogP contribution in [0.5, 0.6) is 0 Å². The molecule has 0 bridgehead atoms. The van der Waals surface area contributed by atoms with Gasteiger partial charge in [0.1, 0.15) is 11.9 Å². The average molecular weight is 435 g/mol. The molecule has 1 saturated heterocycles. The van der Waals surface area contributed by atoms with Crippen molar-refractivity contribution < 1.29 is 17.9 Å². The predicted octanol–water partition coefficient (Wildman–Crippen LogP) is 3.94. The van der Waals surface area contributed by atoms with Crippen molar-refractivity contribution in [2.75, 3.05) is 45.2 Å². The van der Waals surface area contributed by atoms with Crippen LogP contribution >= 0.6 is 0 Å². The molecule has 1 aliphatic heterocycles. The van der Waals surface area contributed by atoms with E-state index in [9.17, 15) is 13.2 Å². The Hall–Kier alpha value is -2.81. The van der Waals surface area contributed by atoms with Crippen molar-refractivity contribution in [1.82, 2.24) is 15.2 Å². The van der Waals surface area contributed by atoms with E-state index in [2.05, 4.69) is 20.6 Å². The number of aromatic nitrogens is 1. The van der Waals surface area contributed by atoms with Crippen LogP contribution < -0.4 is 10.6 Å². The Morgan fingerprint density at radius 2 is 2.03 bits per heavy atom. The molecule has 0 spiro atoms. The van der Waals surface area contributed by atoms with Crippen LogP contribution in [0.1, 0.15) is 30.1 Å². The summed E-state index contributed by atoms with van der Waals surface area (Å²) in [6.45, 7) is 3.09. The second-order valence-electron chi connectivity index (χ2n) is 7.25. The Labute approximate surface area is 180 Å². The number of pyridine rings is 1. The molecule has 1 atom stereocenters. The highest BCUT2D eigenvalue weighted by atomic mass is 19.4. The first kappa shape index (κ1) is 22.9. The van der Waals surface area contributed by atoms with E-state index in [1.807, 2.05) is 23.1 Å². The van der Waals surface area contributed by atoms with E-state index >= 15 is 0 Å². The van der Waals surface area contributed by atoms with Crippen molar-refractivity contribution in [3.05, 3.63) is 59.8 Å². The van der Waals surface area contributed by atoms with Gasteiger partial charge in [-0.15, -0.1) is 0 Å². The lowest BCUT2D eigenvalue weighted by Crippen LogP contribution is -2.48. The van der Waals surface area contributed by atoms with Crippen molar-refractivity contribution in [3.63, 3.8) is 0 Å². The molecule has 2 heterocycles. The van der Waals surface area contributed by atoms with Gasteiger partial charge in [0.05, 0.1) is 18.7 Å². The monoisotopic (exact) mass is 435 g/mol. The van der Waals surface area contributed by atoms with Gasteiger partial charge in [-0.1, -0.05) is 18.2 Å². The van der Waals surface area contributed by atoms with Crippen LogP contribution in [0.4, 0.5) is 19.0 Å². The van der Waals surface area contributed by atoms with Gasteiger partial charge in [0, 0.05) is 32.9 Å². The van der Waals surface area contributed by atoms with Crippen LogP contribution in [-0.2, 0) is 10.9 Å². The number of ether oxygens (including phenoxy) is 1. The molecule has 3 rings (SSSR count). The van der Waals surface area contributed by atoms with Gasteiger partial charge in [0.25, 0.3) is 0 Å². The molecule has 6 nitrogen and oxygen atoms in total. The van der Waals surface area contributed by atoms with E-state index in [1.54, 1.807) is 19.3 Å². The SMILES string of the molecule is CN=C(NCCCCNc1ccccn1)N1CCOC(c2cccc(C(F)(F)F)c2)C1. The number of nitrogens with one attached hydrogen (secondary N) is 2. The van der Waals surface area contributed by atoms with E-state index in [0.29, 0.717) is 25.3 Å². The standard InChI is InChI=1S/C22H28F3N5O/c1-26-21(29-12-5-4-11-28-20-9-2-3-10-27-20)30-13-14-31-19(16-30)17-7-6-8-18(15-17)22(23,24)25/h2-3,6-10,15,19H,4-5,11-14,16H2,1H3,(H,26,29)(H,27,28). The van der Waals surface area contributed by atoms with Crippen molar-refractivity contribution in [3.8, 4) is 0 Å². The van der Waals surface area contributed by atoms with Crippen LogP contribution in [-0.4, -0.2) is 55.7 Å². The van der Waals surface area contributed by atoms with Crippen LogP contribution in [0.2, 0.25) is 0 Å². The van der Waals surface area contributed by atoms with Gasteiger partial charge < -0.3 is 20.3 Å². The minimum atomic E-state index is -4.37. The molecule has 0 radical (unpaired) electrons. The molecule has 1 unspecified atom stereocenters. The normalized spacial score (nSPS) is 17.5. The molecule has 168 valence electrons. The van der Waals surface area contributed by atoms with Crippen molar-refractivity contribution in [2.45, 2.75) is 25.1 Å². The maximum absolute atomic E-state index is 13.0. The summed E-state index contributed by atoms with van der Waals surface area (Å²) in [5.41, 5.74) is -0.136. The van der Waals surface area contributed by atoms with Gasteiger partial charge in [0.2, 0.25) is 0 Å². The molecule has 31 heavy (non-hydrogen) atoms. The van der Waals surface area contributed by atoms with Gasteiger partial charge >= 0.3 is 6.18 Å². The highest BCUT2D eigenvalue weighted by Crippen LogP contribution is 2.32. The summed E-state index contributed by atoms with van der Waals surface area (Å²) in [4.78, 5) is 10.6. The molecule has 1 aliphatic rings. The number of rotatable bonds is 7. The third-order valence-corrected chi connectivity index (χ3v) is 5.02. The zero-order chi connectivity index (χ0) is 22.1. The van der Waals surface area contributed by atoms with Gasteiger partial charge in [-0.25, -0.2) is 4.98 Å². The zero-order valence-corrected chi connectivity index (χ0v) is 17.5. The number of benzene rings is 1. The lowest BCUT2D eigenvalue weighted by Gasteiger charge is -2.35. The summed E-state index contributed by atoms with van der Waals surface area (Å²) < 4.78 is 44.8. The molecule has 1 fully saturated rings. The van der Waals surface area contributed by atoms with Crippen LogP contribution in [0.25, 0.3) is 0 Å². The summed E-state index contributed by atoms with van der Waals surface area (Å²) in [5, 5.41) is 6.62. The number of guanidine groups is 1. The van der Waals surface area contributed by atoms with Gasteiger partial charge in [0.15, 0.2) is 5.96 Å². The molecule has 1 aromatic carbocycles. The number of nitrogens with zero attached hydrogens (tertiary/aromatic N) is 3. The third kappa shape index (κ3) is 6.85. The van der Waals surface area contributed by atoms with Crippen molar-refractivity contribution >= 4 is 11.8 Å². The number of morpholine rings is 1. The topological polar surface area (TPSA) is 61.8 Å². The molecular formula is C22H28F3N5O. The summed E-state index contributed by atoms with van der Waals surface area (Å²) in [6, 6.07) is 11.1. The molecule has 2 N–H and O–H groups in total. The highest BCUT2D eigenvalue weighted by Gasteiger charge is 2.32. The minimum Gasteiger partial charge on any atom is -0.370 e. The van der Waals surface area contributed by atoms with Crippen LogP contribution in [0.3, 0.4) is 0 Å². The molecule has 0 aliphatic carbocycles. The number of hydrogen-bond donors (Lipinski definition) is 2. The fraction of sp³-hybridized carbons (Fsp3) is 0.455. The highest BCUT2D eigenvalue weighted by molar-refractivity contribution is 5.80. The van der Waals surface area contributed by atoms with E-state index in [0.717, 1.165) is 43.8 Å². The largest absolute Gasteiger partial charge is 0.416 e. The predicted molar refractivity (Wildman–Crippen MR) is 115 cm³/mol. The lowest BCUT2D eigenvalue weighted by molar-refractivity contribution is -0.137. The maximum atomic E-state index is 13.0. The molecular weight excluding hydrogens is 407 g/mol. The Kier molecular flexibility index (Phi) is 8.11. The first-order valence-electron chi connectivity index (χ1n) is 10.4. The smallest absolute Gasteiger partial charge is 0.370 e. The summed E-state index contributed by atoms with van der Waals surface area (Å²) in [7, 11) is 1.71. The third-order valence-electron chi connectivity index (χ3n) is 5.02. The molecule has 9 heteroatoms. The first-order chi connectivity index (χ1) is 15.0. The Balaban J connectivity index is 1.46.